The maximum absolute atomic E-state index is 12.6. The third-order valence-corrected chi connectivity index (χ3v) is 5.88. The fourth-order valence-electron chi connectivity index (χ4n) is 3.92. The highest BCUT2D eigenvalue weighted by Crippen LogP contribution is 2.53. The zero-order valence-corrected chi connectivity index (χ0v) is 15.9. The number of likely N-dealkylation sites (tertiary alicyclic amines) is 1. The second kappa shape index (κ2) is 6.96. The summed E-state index contributed by atoms with van der Waals surface area (Å²) >= 11 is 0. The molecule has 1 saturated heterocycles. The third-order valence-electron chi connectivity index (χ3n) is 5.88. The van der Waals surface area contributed by atoms with Crippen LogP contribution >= 0.6 is 0 Å². The van der Waals surface area contributed by atoms with Gasteiger partial charge in [0.1, 0.15) is 17.5 Å². The van der Waals surface area contributed by atoms with Gasteiger partial charge in [-0.1, -0.05) is 0 Å². The molecule has 2 fully saturated rings. The molecule has 9 heteroatoms. The van der Waals surface area contributed by atoms with Crippen LogP contribution in [-0.4, -0.2) is 47.2 Å². The summed E-state index contributed by atoms with van der Waals surface area (Å²) in [6.07, 6.45) is -0.254. The van der Waals surface area contributed by atoms with Crippen molar-refractivity contribution in [1.29, 1.82) is 0 Å². The van der Waals surface area contributed by atoms with E-state index in [0.717, 1.165) is 12.8 Å². The monoisotopic (exact) mass is 409 g/mol. The summed E-state index contributed by atoms with van der Waals surface area (Å²) in [5.74, 6) is -0.972. The Kier molecular flexibility index (Phi) is 4.71. The van der Waals surface area contributed by atoms with Crippen LogP contribution in [0.4, 0.5) is 13.2 Å². The molecular formula is C20H22F3N3O3. The number of benzene rings is 1. The van der Waals surface area contributed by atoms with Crippen molar-refractivity contribution in [3.8, 4) is 5.75 Å². The van der Waals surface area contributed by atoms with Gasteiger partial charge < -0.3 is 19.9 Å². The van der Waals surface area contributed by atoms with Gasteiger partial charge in [0.25, 0.3) is 5.91 Å². The number of halogens is 3. The Morgan fingerprint density at radius 3 is 2.48 bits per heavy atom. The largest absolute Gasteiger partial charge is 0.573 e. The highest BCUT2D eigenvalue weighted by atomic mass is 19.4. The van der Waals surface area contributed by atoms with Crippen molar-refractivity contribution in [2.45, 2.75) is 45.0 Å². The van der Waals surface area contributed by atoms with Crippen LogP contribution in [-0.2, 0) is 4.79 Å². The van der Waals surface area contributed by atoms with E-state index in [2.05, 4.69) is 15.0 Å². The predicted octanol–water partition coefficient (Wildman–Crippen LogP) is 3.59. The Morgan fingerprint density at radius 1 is 1.17 bits per heavy atom. The van der Waals surface area contributed by atoms with Crippen LogP contribution in [0.3, 0.4) is 0 Å². The van der Waals surface area contributed by atoms with Crippen molar-refractivity contribution in [2.75, 3.05) is 13.1 Å². The van der Waals surface area contributed by atoms with Gasteiger partial charge in [-0.3, -0.25) is 9.59 Å². The quantitative estimate of drug-likeness (QED) is 0.811. The molecule has 1 atom stereocenters. The number of aromatic amines is 1. The van der Waals surface area contributed by atoms with Crippen LogP contribution in [0.15, 0.2) is 24.3 Å². The van der Waals surface area contributed by atoms with Crippen molar-refractivity contribution in [3.05, 3.63) is 30.0 Å². The molecule has 2 N–H and O–H groups in total. The number of aromatic nitrogens is 1. The Morgan fingerprint density at radius 2 is 1.86 bits per heavy atom. The maximum Gasteiger partial charge on any atom is 0.573 e. The number of H-pyrrole nitrogens is 1. The number of hydrogen-bond acceptors (Lipinski definition) is 3. The van der Waals surface area contributed by atoms with Crippen molar-refractivity contribution >= 4 is 22.7 Å². The normalized spacial score (nSPS) is 19.2. The lowest BCUT2D eigenvalue weighted by Gasteiger charge is -2.33. The molecule has 6 nitrogen and oxygen atoms in total. The second-order valence-electron chi connectivity index (χ2n) is 8.00. The molecule has 2 aromatic rings. The molecule has 1 aliphatic heterocycles. The topological polar surface area (TPSA) is 74.4 Å². The van der Waals surface area contributed by atoms with Crippen molar-refractivity contribution in [2.24, 2.45) is 5.41 Å². The highest BCUT2D eigenvalue weighted by molar-refractivity contribution is 6.00. The highest BCUT2D eigenvalue weighted by Gasteiger charge is 2.45. The Balaban J connectivity index is 1.39. The molecule has 1 saturated carbocycles. The molecule has 1 spiro atoms. The smallest absolute Gasteiger partial charge is 0.406 e. The standard InChI is InChI=1S/C20H22F3N3O3/c1-12(18(28)26-8-6-19(4-5-19)7-9-26)24-17(27)16-11-13-10-14(29-20(21,22)23)2-3-15(13)25-16/h2-3,10-12,25H,4-9H2,1H3,(H,24,27)/t12-/m1/s1. The number of nitrogens with one attached hydrogen (secondary N) is 2. The summed E-state index contributed by atoms with van der Waals surface area (Å²) in [5, 5.41) is 3.08. The average Bonchev–Trinajstić information content (AvgIpc) is 3.26. The van der Waals surface area contributed by atoms with Crippen LogP contribution in [0.1, 0.15) is 43.1 Å². The van der Waals surface area contributed by atoms with Gasteiger partial charge in [-0.25, -0.2) is 0 Å². The number of fused-ring (bicyclic) bond motifs is 1. The van der Waals surface area contributed by atoms with Gasteiger partial charge in [0.15, 0.2) is 0 Å². The number of rotatable bonds is 4. The van der Waals surface area contributed by atoms with Gasteiger partial charge in [-0.15, -0.1) is 13.2 Å². The van der Waals surface area contributed by atoms with Crippen LogP contribution < -0.4 is 10.1 Å². The van der Waals surface area contributed by atoms with Crippen LogP contribution in [0.5, 0.6) is 5.75 Å². The molecule has 0 unspecified atom stereocenters. The first-order valence-corrected chi connectivity index (χ1v) is 9.62. The molecule has 2 aliphatic rings. The molecule has 0 radical (unpaired) electrons. The lowest BCUT2D eigenvalue weighted by Crippen LogP contribution is -2.49. The van der Waals surface area contributed by atoms with Crippen molar-refractivity contribution < 1.29 is 27.5 Å². The number of nitrogens with zero attached hydrogens (tertiary/aromatic N) is 1. The Labute approximate surface area is 165 Å². The number of hydrogen-bond donors (Lipinski definition) is 2. The van der Waals surface area contributed by atoms with E-state index in [-0.39, 0.29) is 17.4 Å². The number of carbonyl (C=O) groups excluding carboxylic acids is 2. The van der Waals surface area contributed by atoms with E-state index < -0.39 is 18.3 Å². The molecule has 4 rings (SSSR count). The van der Waals surface area contributed by atoms with Crippen LogP contribution in [0.2, 0.25) is 0 Å². The number of amides is 2. The molecular weight excluding hydrogens is 387 g/mol. The average molecular weight is 409 g/mol. The van der Waals surface area contributed by atoms with Crippen LogP contribution in [0.25, 0.3) is 10.9 Å². The fourth-order valence-corrected chi connectivity index (χ4v) is 3.92. The minimum atomic E-state index is -4.78. The molecule has 2 amide bonds. The van der Waals surface area contributed by atoms with E-state index in [1.54, 1.807) is 11.8 Å². The van der Waals surface area contributed by atoms with Crippen LogP contribution in [0, 0.1) is 5.41 Å². The molecule has 2 heterocycles. The summed E-state index contributed by atoms with van der Waals surface area (Å²) in [6.45, 7) is 3.07. The fraction of sp³-hybridized carbons (Fsp3) is 0.500. The molecule has 29 heavy (non-hydrogen) atoms. The third kappa shape index (κ3) is 4.33. The van der Waals surface area contributed by atoms with Gasteiger partial charge in [0.2, 0.25) is 5.91 Å². The first-order chi connectivity index (χ1) is 13.6. The van der Waals surface area contributed by atoms with Crippen molar-refractivity contribution in [3.63, 3.8) is 0 Å². The summed E-state index contributed by atoms with van der Waals surface area (Å²) in [4.78, 5) is 29.8. The number of ether oxygens (including phenoxy) is 1. The second-order valence-corrected chi connectivity index (χ2v) is 8.00. The summed E-state index contributed by atoms with van der Waals surface area (Å²) in [5.41, 5.74) is 1.12. The summed E-state index contributed by atoms with van der Waals surface area (Å²) in [6, 6.07) is 4.52. The Hall–Kier alpha value is -2.71. The van der Waals surface area contributed by atoms with E-state index in [1.165, 1.54) is 37.1 Å². The van der Waals surface area contributed by atoms with E-state index >= 15 is 0 Å². The summed E-state index contributed by atoms with van der Waals surface area (Å²) < 4.78 is 41.0. The predicted molar refractivity (Wildman–Crippen MR) is 99.4 cm³/mol. The van der Waals surface area contributed by atoms with E-state index in [1.807, 2.05) is 0 Å². The molecule has 0 bridgehead atoms. The number of piperidine rings is 1. The molecule has 1 aromatic carbocycles. The minimum absolute atomic E-state index is 0.120. The number of alkyl halides is 3. The van der Waals surface area contributed by atoms with E-state index in [4.69, 9.17) is 0 Å². The zero-order valence-electron chi connectivity index (χ0n) is 15.9. The number of carbonyl (C=O) groups is 2. The first-order valence-electron chi connectivity index (χ1n) is 9.62. The zero-order chi connectivity index (χ0) is 20.8. The lowest BCUT2D eigenvalue weighted by atomic mass is 9.93. The van der Waals surface area contributed by atoms with Gasteiger partial charge in [-0.05, 0) is 62.3 Å². The van der Waals surface area contributed by atoms with E-state index in [0.29, 0.717) is 29.4 Å². The van der Waals surface area contributed by atoms with Crippen molar-refractivity contribution in [1.82, 2.24) is 15.2 Å². The SMILES string of the molecule is C[C@@H](NC(=O)c1cc2cc(OC(F)(F)F)ccc2[nH]1)C(=O)N1CCC2(CC1)CC2. The summed E-state index contributed by atoms with van der Waals surface area (Å²) in [7, 11) is 0. The Bertz CT molecular complexity index is 939. The van der Waals surface area contributed by atoms with Gasteiger partial charge in [0, 0.05) is 24.0 Å². The maximum atomic E-state index is 12.6. The minimum Gasteiger partial charge on any atom is -0.406 e. The lowest BCUT2D eigenvalue weighted by molar-refractivity contribution is -0.274. The van der Waals surface area contributed by atoms with Gasteiger partial charge in [-0.2, -0.15) is 0 Å². The van der Waals surface area contributed by atoms with E-state index in [9.17, 15) is 22.8 Å². The molecule has 1 aliphatic carbocycles. The first kappa shape index (κ1) is 19.6. The molecule has 156 valence electrons. The van der Waals surface area contributed by atoms with Gasteiger partial charge >= 0.3 is 6.36 Å². The van der Waals surface area contributed by atoms with Gasteiger partial charge in [0.05, 0.1) is 0 Å². The molecule has 1 aromatic heterocycles.